The van der Waals surface area contributed by atoms with Crippen LogP contribution in [0, 0.1) is 5.82 Å². The second-order valence-corrected chi connectivity index (χ2v) is 4.65. The van der Waals surface area contributed by atoms with Crippen LogP contribution in [-0.2, 0) is 11.0 Å². The van der Waals surface area contributed by atoms with Crippen LogP contribution in [0.2, 0.25) is 0 Å². The Kier molecular flexibility index (Phi) is 4.68. The number of hydrogen-bond donors (Lipinski definition) is 2. The highest BCUT2D eigenvalue weighted by molar-refractivity contribution is 6.02. The number of nitrogens with two attached hydrogens (primary N) is 1. The zero-order valence-electron chi connectivity index (χ0n) is 11.7. The van der Waals surface area contributed by atoms with Crippen molar-refractivity contribution in [3.63, 3.8) is 0 Å². The molecule has 0 aliphatic heterocycles. The third-order valence-corrected chi connectivity index (χ3v) is 2.93. The van der Waals surface area contributed by atoms with E-state index in [2.05, 4.69) is 5.32 Å². The maximum atomic E-state index is 13.5. The van der Waals surface area contributed by atoms with E-state index < -0.39 is 23.5 Å². The van der Waals surface area contributed by atoms with E-state index in [1.165, 1.54) is 30.3 Å². The van der Waals surface area contributed by atoms with Gasteiger partial charge in [-0.3, -0.25) is 4.79 Å². The van der Waals surface area contributed by atoms with E-state index in [0.29, 0.717) is 0 Å². The van der Waals surface area contributed by atoms with Crippen molar-refractivity contribution >= 4 is 23.4 Å². The normalized spacial score (nSPS) is 11.7. The molecule has 2 rings (SSSR count). The number of carbonyl (C=O) groups excluding carboxylic acids is 1. The molecule has 23 heavy (non-hydrogen) atoms. The minimum atomic E-state index is -4.53. The van der Waals surface area contributed by atoms with Crippen LogP contribution >= 0.6 is 0 Å². The Morgan fingerprint density at radius 1 is 1.13 bits per heavy atom. The second kappa shape index (κ2) is 6.51. The molecule has 0 spiro atoms. The topological polar surface area (TPSA) is 55.1 Å². The van der Waals surface area contributed by atoms with Crippen molar-refractivity contribution in [3.05, 3.63) is 65.5 Å². The summed E-state index contributed by atoms with van der Waals surface area (Å²) in [6.45, 7) is 0. The van der Waals surface area contributed by atoms with Gasteiger partial charge in [-0.05, 0) is 35.9 Å². The molecule has 0 saturated carbocycles. The Morgan fingerprint density at radius 3 is 2.52 bits per heavy atom. The maximum Gasteiger partial charge on any atom is 0.416 e. The molecular weight excluding hydrogens is 312 g/mol. The van der Waals surface area contributed by atoms with Crippen molar-refractivity contribution in [2.24, 2.45) is 0 Å². The van der Waals surface area contributed by atoms with Crippen molar-refractivity contribution in [1.29, 1.82) is 0 Å². The Morgan fingerprint density at radius 2 is 1.83 bits per heavy atom. The van der Waals surface area contributed by atoms with E-state index in [9.17, 15) is 22.4 Å². The van der Waals surface area contributed by atoms with E-state index in [0.717, 1.165) is 24.3 Å². The largest absolute Gasteiger partial charge is 0.416 e. The van der Waals surface area contributed by atoms with Gasteiger partial charge in [0, 0.05) is 11.8 Å². The fourth-order valence-electron chi connectivity index (χ4n) is 1.88. The van der Waals surface area contributed by atoms with E-state index in [1.807, 2.05) is 0 Å². The molecule has 0 saturated heterocycles. The quantitative estimate of drug-likeness (QED) is 0.508. The van der Waals surface area contributed by atoms with E-state index in [-0.39, 0.29) is 16.9 Å². The molecular formula is C16H12F4N2O. The van der Waals surface area contributed by atoms with Gasteiger partial charge >= 0.3 is 6.18 Å². The Balaban J connectivity index is 2.18. The summed E-state index contributed by atoms with van der Waals surface area (Å²) in [5.41, 5.74) is 4.54. The number of nitrogens with one attached hydrogen (secondary N) is 1. The summed E-state index contributed by atoms with van der Waals surface area (Å²) in [6.07, 6.45) is -2.62. The molecule has 1 amide bonds. The second-order valence-electron chi connectivity index (χ2n) is 4.65. The predicted molar refractivity (Wildman–Crippen MR) is 79.9 cm³/mol. The first-order valence-corrected chi connectivity index (χ1v) is 6.47. The van der Waals surface area contributed by atoms with Crippen molar-refractivity contribution < 1.29 is 22.4 Å². The number of rotatable bonds is 3. The first kappa shape index (κ1) is 16.5. The maximum absolute atomic E-state index is 13.5. The molecule has 0 atom stereocenters. The number of hydrogen-bond acceptors (Lipinski definition) is 2. The number of halogens is 4. The Labute approximate surface area is 129 Å². The van der Waals surface area contributed by atoms with E-state index in [1.54, 1.807) is 0 Å². The summed E-state index contributed by atoms with van der Waals surface area (Å²) in [5, 5.41) is 2.22. The lowest BCUT2D eigenvalue weighted by atomic mass is 10.1. The van der Waals surface area contributed by atoms with Crippen molar-refractivity contribution in [2.45, 2.75) is 6.18 Å². The summed E-state index contributed by atoms with van der Waals surface area (Å²) < 4.78 is 51.9. The number of nitrogen functional groups attached to an aromatic ring is 1. The average Bonchev–Trinajstić information content (AvgIpc) is 2.48. The Bertz CT molecular complexity index is 754. The molecule has 0 heterocycles. The van der Waals surface area contributed by atoms with Gasteiger partial charge in [0.15, 0.2) is 0 Å². The van der Waals surface area contributed by atoms with Gasteiger partial charge < -0.3 is 11.1 Å². The summed E-state index contributed by atoms with van der Waals surface area (Å²) in [7, 11) is 0. The minimum absolute atomic E-state index is 0.149. The molecule has 0 fully saturated rings. The van der Waals surface area contributed by atoms with Crippen molar-refractivity contribution in [2.75, 3.05) is 11.1 Å². The van der Waals surface area contributed by atoms with Crippen LogP contribution in [0.15, 0.2) is 48.5 Å². The molecule has 2 aromatic carbocycles. The van der Waals surface area contributed by atoms with E-state index >= 15 is 0 Å². The fraction of sp³-hybridized carbons (Fsp3) is 0.0625. The van der Waals surface area contributed by atoms with Crippen LogP contribution in [0.25, 0.3) is 6.08 Å². The molecule has 0 aliphatic carbocycles. The van der Waals surface area contributed by atoms with Gasteiger partial charge in [-0.25, -0.2) is 4.39 Å². The van der Waals surface area contributed by atoms with Gasteiger partial charge in [-0.15, -0.1) is 0 Å². The molecule has 3 nitrogen and oxygen atoms in total. The lowest BCUT2D eigenvalue weighted by molar-refractivity contribution is -0.137. The van der Waals surface area contributed by atoms with Gasteiger partial charge in [-0.2, -0.15) is 13.2 Å². The van der Waals surface area contributed by atoms with Crippen molar-refractivity contribution in [1.82, 2.24) is 0 Å². The van der Waals surface area contributed by atoms with Crippen LogP contribution < -0.4 is 11.1 Å². The average molecular weight is 324 g/mol. The molecule has 0 aromatic heterocycles. The molecule has 2 aromatic rings. The molecule has 0 aliphatic rings. The van der Waals surface area contributed by atoms with Crippen LogP contribution in [0.3, 0.4) is 0 Å². The molecule has 0 bridgehead atoms. The first-order chi connectivity index (χ1) is 10.8. The Hall–Kier alpha value is -2.83. The summed E-state index contributed by atoms with van der Waals surface area (Å²) in [5.74, 6) is -1.47. The highest BCUT2D eigenvalue weighted by Gasteiger charge is 2.32. The van der Waals surface area contributed by atoms with Crippen LogP contribution in [0.5, 0.6) is 0 Å². The number of alkyl halides is 3. The predicted octanol–water partition coefficient (Wildman–Crippen LogP) is 4.08. The summed E-state index contributed by atoms with van der Waals surface area (Å²) >= 11 is 0. The lowest BCUT2D eigenvalue weighted by Crippen LogP contribution is -2.10. The SMILES string of the molecule is Nc1ccc(F)c(NC(=O)C=Cc2ccccc2C(F)(F)F)c1. The van der Waals surface area contributed by atoms with Gasteiger partial charge in [-0.1, -0.05) is 18.2 Å². The first-order valence-electron chi connectivity index (χ1n) is 6.47. The van der Waals surface area contributed by atoms with Gasteiger partial charge in [0.25, 0.3) is 0 Å². The lowest BCUT2D eigenvalue weighted by Gasteiger charge is -2.09. The van der Waals surface area contributed by atoms with E-state index in [4.69, 9.17) is 5.73 Å². The highest BCUT2D eigenvalue weighted by Crippen LogP contribution is 2.32. The summed E-state index contributed by atoms with van der Waals surface area (Å²) in [6, 6.07) is 8.42. The fourth-order valence-corrected chi connectivity index (χ4v) is 1.88. The highest BCUT2D eigenvalue weighted by atomic mass is 19.4. The van der Waals surface area contributed by atoms with Gasteiger partial charge in [0.1, 0.15) is 5.82 Å². The number of benzene rings is 2. The molecule has 7 heteroatoms. The summed E-state index contributed by atoms with van der Waals surface area (Å²) in [4.78, 5) is 11.7. The zero-order chi connectivity index (χ0) is 17.0. The van der Waals surface area contributed by atoms with Crippen molar-refractivity contribution in [3.8, 4) is 0 Å². The van der Waals surface area contributed by atoms with Crippen LogP contribution in [-0.4, -0.2) is 5.91 Å². The van der Waals surface area contributed by atoms with Gasteiger partial charge in [0.05, 0.1) is 11.3 Å². The minimum Gasteiger partial charge on any atom is -0.399 e. The number of amides is 1. The zero-order valence-corrected chi connectivity index (χ0v) is 11.7. The van der Waals surface area contributed by atoms with Crippen LogP contribution in [0.1, 0.15) is 11.1 Å². The molecule has 0 radical (unpaired) electrons. The third-order valence-electron chi connectivity index (χ3n) is 2.93. The number of anilines is 2. The smallest absolute Gasteiger partial charge is 0.399 e. The van der Waals surface area contributed by atoms with Crippen LogP contribution in [0.4, 0.5) is 28.9 Å². The molecule has 0 unspecified atom stereocenters. The standard InChI is InChI=1S/C16H12F4N2O/c17-13-7-6-11(21)9-14(13)22-15(23)8-5-10-3-1-2-4-12(10)16(18,19)20/h1-9H,21H2,(H,22,23). The number of carbonyl (C=O) groups is 1. The van der Waals surface area contributed by atoms with Gasteiger partial charge in [0.2, 0.25) is 5.91 Å². The molecule has 120 valence electrons. The monoisotopic (exact) mass is 324 g/mol. The molecule has 3 N–H and O–H groups in total. The third kappa shape index (κ3) is 4.32.